The zero-order chi connectivity index (χ0) is 20.3. The number of methoxy groups -OCH3 is 1. The van der Waals surface area contributed by atoms with E-state index in [9.17, 15) is 19.2 Å². The van der Waals surface area contributed by atoms with Gasteiger partial charge >= 0.3 is 5.97 Å². The fraction of sp³-hybridized carbons (Fsp3) is 0.444. The number of hydrogen-bond acceptors (Lipinski definition) is 8. The Balaban J connectivity index is 1.64. The van der Waals surface area contributed by atoms with Crippen molar-refractivity contribution in [3.05, 3.63) is 30.3 Å². The summed E-state index contributed by atoms with van der Waals surface area (Å²) in [6.07, 6.45) is 0. The van der Waals surface area contributed by atoms with E-state index in [1.807, 2.05) is 6.07 Å². The molecular weight excluding hydrogens is 388 g/mol. The lowest BCUT2D eigenvalue weighted by molar-refractivity contribution is -0.181. The Morgan fingerprint density at radius 1 is 1.36 bits per heavy atom. The Hall–Kier alpha value is -2.75. The summed E-state index contributed by atoms with van der Waals surface area (Å²) in [5.41, 5.74) is -1.21. The molecule has 2 aliphatic heterocycles. The number of nitrogens with zero attached hydrogens (tertiary/aromatic N) is 1. The molecule has 2 saturated heterocycles. The molecule has 1 aromatic carbocycles. The largest absolute Gasteiger partial charge is 0.484 e. The summed E-state index contributed by atoms with van der Waals surface area (Å²) in [7, 11) is 1.20. The quantitative estimate of drug-likeness (QED) is 0.379. The van der Waals surface area contributed by atoms with E-state index in [1.165, 1.54) is 23.8 Å². The summed E-state index contributed by atoms with van der Waals surface area (Å²) >= 11 is 1.32. The first-order chi connectivity index (χ1) is 13.4. The fourth-order valence-corrected chi connectivity index (χ4v) is 4.75. The lowest BCUT2D eigenvalue weighted by Gasteiger charge is -2.56. The third-order valence-electron chi connectivity index (χ3n) is 4.65. The summed E-state index contributed by atoms with van der Waals surface area (Å²) < 4.78 is 15.3. The van der Waals surface area contributed by atoms with Gasteiger partial charge in [0.25, 0.3) is 12.4 Å². The van der Waals surface area contributed by atoms with Crippen LogP contribution in [-0.2, 0) is 28.7 Å². The van der Waals surface area contributed by atoms with Gasteiger partial charge in [0, 0.05) is 5.75 Å². The molecule has 2 fully saturated rings. The number of fused-ring (bicyclic) bond motifs is 1. The van der Waals surface area contributed by atoms with Crippen molar-refractivity contribution in [1.82, 2.24) is 10.2 Å². The van der Waals surface area contributed by atoms with E-state index in [0.717, 1.165) is 0 Å². The maximum Gasteiger partial charge on any atom is 0.332 e. The summed E-state index contributed by atoms with van der Waals surface area (Å²) in [4.78, 5) is 49.2. The van der Waals surface area contributed by atoms with Crippen molar-refractivity contribution in [1.29, 1.82) is 0 Å². The summed E-state index contributed by atoms with van der Waals surface area (Å²) in [6.45, 7) is 1.58. The molecule has 150 valence electrons. The van der Waals surface area contributed by atoms with Gasteiger partial charge in [0.15, 0.2) is 12.6 Å². The number of benzene rings is 1. The second kappa shape index (κ2) is 8.09. The average Bonchev–Trinajstić information content (AvgIpc) is 2.70. The molecule has 2 unspecified atom stereocenters. The van der Waals surface area contributed by atoms with E-state index in [0.29, 0.717) is 5.75 Å². The van der Waals surface area contributed by atoms with Crippen molar-refractivity contribution in [2.24, 2.45) is 0 Å². The highest BCUT2D eigenvalue weighted by Gasteiger charge is 2.63. The van der Waals surface area contributed by atoms with Crippen molar-refractivity contribution in [3.8, 4) is 5.75 Å². The predicted octanol–water partition coefficient (Wildman–Crippen LogP) is -0.0614. The Morgan fingerprint density at radius 2 is 2.07 bits per heavy atom. The highest BCUT2D eigenvalue weighted by Crippen LogP contribution is 2.43. The number of carbonyl (C=O) groups is 4. The van der Waals surface area contributed by atoms with E-state index in [4.69, 9.17) is 14.2 Å². The van der Waals surface area contributed by atoms with Crippen LogP contribution in [0.25, 0.3) is 0 Å². The third-order valence-corrected chi connectivity index (χ3v) is 6.23. The first-order valence-electron chi connectivity index (χ1n) is 8.51. The number of nitrogens with one attached hydrogen (secondary N) is 1. The predicted molar refractivity (Wildman–Crippen MR) is 98.3 cm³/mol. The second-order valence-corrected chi connectivity index (χ2v) is 7.65. The lowest BCUT2D eigenvalue weighted by atomic mass is 9.91. The minimum Gasteiger partial charge on any atom is -0.484 e. The fourth-order valence-electron chi connectivity index (χ4n) is 3.26. The van der Waals surface area contributed by atoms with Crippen LogP contribution in [-0.4, -0.2) is 71.7 Å². The number of amides is 2. The molecule has 0 aliphatic carbocycles. The number of para-hydroxylation sites is 1. The Bertz CT molecular complexity index is 774. The molecule has 0 saturated carbocycles. The van der Waals surface area contributed by atoms with E-state index >= 15 is 0 Å². The van der Waals surface area contributed by atoms with Crippen molar-refractivity contribution in [2.45, 2.75) is 30.0 Å². The number of rotatable bonds is 7. The van der Waals surface area contributed by atoms with Gasteiger partial charge in [0.1, 0.15) is 22.8 Å². The van der Waals surface area contributed by atoms with Crippen molar-refractivity contribution < 1.29 is 33.4 Å². The molecular formula is C18H20N2O7S. The van der Waals surface area contributed by atoms with Crippen molar-refractivity contribution in [3.63, 3.8) is 0 Å². The topological polar surface area (TPSA) is 111 Å². The second-order valence-electron chi connectivity index (χ2n) is 6.55. The molecule has 2 amide bonds. The number of hydrogen-bond donors (Lipinski definition) is 1. The van der Waals surface area contributed by atoms with Gasteiger partial charge in [-0.2, -0.15) is 0 Å². The number of thioether (sulfide) groups is 1. The van der Waals surface area contributed by atoms with Gasteiger partial charge in [-0.05, 0) is 19.1 Å². The third kappa shape index (κ3) is 3.64. The smallest absolute Gasteiger partial charge is 0.332 e. The van der Waals surface area contributed by atoms with Crippen LogP contribution in [0, 0.1) is 0 Å². The molecule has 1 N–H and O–H groups in total. The van der Waals surface area contributed by atoms with Crippen molar-refractivity contribution >= 4 is 36.0 Å². The number of ether oxygens (including phenoxy) is 3. The van der Waals surface area contributed by atoms with Gasteiger partial charge in [-0.3, -0.25) is 14.4 Å². The highest BCUT2D eigenvalue weighted by molar-refractivity contribution is 8.00. The first kappa shape index (κ1) is 20.0. The lowest BCUT2D eigenvalue weighted by Crippen LogP contribution is -2.79. The maximum atomic E-state index is 12.6. The average molecular weight is 408 g/mol. The summed E-state index contributed by atoms with van der Waals surface area (Å²) in [6, 6.07) is 6.97. The maximum absolute atomic E-state index is 12.6. The van der Waals surface area contributed by atoms with Gasteiger partial charge in [-0.25, -0.2) is 4.79 Å². The molecule has 28 heavy (non-hydrogen) atoms. The Morgan fingerprint density at radius 3 is 2.71 bits per heavy atom. The van der Waals surface area contributed by atoms with Crippen LogP contribution in [0.4, 0.5) is 0 Å². The van der Waals surface area contributed by atoms with Gasteiger partial charge in [-0.1, -0.05) is 18.2 Å². The minimum absolute atomic E-state index is 0.239. The van der Waals surface area contributed by atoms with Gasteiger partial charge in [-0.15, -0.1) is 11.8 Å². The van der Waals surface area contributed by atoms with Crippen molar-refractivity contribution in [2.75, 3.05) is 19.5 Å². The molecule has 3 rings (SSSR count). The van der Waals surface area contributed by atoms with Crippen LogP contribution in [0.1, 0.15) is 6.92 Å². The van der Waals surface area contributed by atoms with E-state index in [2.05, 4.69) is 5.32 Å². The molecule has 9 nitrogen and oxygen atoms in total. The van der Waals surface area contributed by atoms with Crippen LogP contribution < -0.4 is 10.1 Å². The SMILES string of the molecule is COC(=O)C1N2C(=O)C(NC(=O)COc3ccccc3)[C@H]2SC[C@@]1(C)OC=O. The molecule has 2 heterocycles. The van der Waals surface area contributed by atoms with E-state index in [-0.39, 0.29) is 18.8 Å². The summed E-state index contributed by atoms with van der Waals surface area (Å²) in [5, 5.41) is 2.18. The minimum atomic E-state index is -1.21. The molecule has 4 atom stereocenters. The Kier molecular flexibility index (Phi) is 5.78. The highest BCUT2D eigenvalue weighted by atomic mass is 32.2. The normalized spacial score (nSPS) is 28.4. The number of β-lactam (4-membered cyclic amide) rings is 1. The Labute approximate surface area is 165 Å². The molecule has 10 heteroatoms. The van der Waals surface area contributed by atoms with Crippen LogP contribution >= 0.6 is 11.8 Å². The number of esters is 1. The van der Waals surface area contributed by atoms with Gasteiger partial charge in [0.2, 0.25) is 5.91 Å². The zero-order valence-electron chi connectivity index (χ0n) is 15.3. The standard InChI is InChI=1S/C18H20N2O7S/c1-18(27-10-21)9-28-16-13(15(23)20(16)14(18)17(24)25-2)19-12(22)8-26-11-6-4-3-5-7-11/h3-7,10,13-14,16H,8-9H2,1-2H3,(H,19,22)/t13?,14?,16-,18-/m1/s1. The molecule has 0 radical (unpaired) electrons. The van der Waals surface area contributed by atoms with Crippen LogP contribution in [0.15, 0.2) is 30.3 Å². The summed E-state index contributed by atoms with van der Waals surface area (Å²) in [5.74, 6) is -0.762. The van der Waals surface area contributed by atoms with E-state index < -0.39 is 40.8 Å². The van der Waals surface area contributed by atoms with Gasteiger partial charge < -0.3 is 24.4 Å². The molecule has 2 aliphatic rings. The van der Waals surface area contributed by atoms with E-state index in [1.54, 1.807) is 31.2 Å². The van der Waals surface area contributed by atoms with Crippen LogP contribution in [0.3, 0.4) is 0 Å². The van der Waals surface area contributed by atoms with Gasteiger partial charge in [0.05, 0.1) is 7.11 Å². The number of carbonyl (C=O) groups excluding carboxylic acids is 4. The molecule has 0 spiro atoms. The van der Waals surface area contributed by atoms with Crippen LogP contribution in [0.5, 0.6) is 5.75 Å². The molecule has 0 bridgehead atoms. The molecule has 0 aromatic heterocycles. The molecule has 1 aromatic rings. The van der Waals surface area contributed by atoms with Crippen LogP contribution in [0.2, 0.25) is 0 Å². The monoisotopic (exact) mass is 408 g/mol. The zero-order valence-corrected chi connectivity index (χ0v) is 16.1. The first-order valence-corrected chi connectivity index (χ1v) is 9.56.